The molecule has 0 heterocycles. The minimum absolute atomic E-state index is 0.411. The number of aldehydes is 1. The number of nitrogens with one attached hydrogen (secondary N) is 1. The summed E-state index contributed by atoms with van der Waals surface area (Å²) in [5, 5.41) is 11.5. The van der Waals surface area contributed by atoms with Crippen LogP contribution in [0.3, 0.4) is 0 Å². The summed E-state index contributed by atoms with van der Waals surface area (Å²) in [7, 11) is 0. The molecule has 0 fully saturated rings. The van der Waals surface area contributed by atoms with Gasteiger partial charge in [-0.25, -0.2) is 0 Å². The van der Waals surface area contributed by atoms with Gasteiger partial charge in [-0.05, 0) is 38.5 Å². The van der Waals surface area contributed by atoms with Crippen LogP contribution in [0.25, 0.3) is 0 Å². The van der Waals surface area contributed by atoms with Crippen molar-refractivity contribution in [3.05, 3.63) is 29.8 Å². The maximum absolute atomic E-state index is 11.9. The lowest BCUT2D eigenvalue weighted by atomic mass is 9.92. The second-order valence-electron chi connectivity index (χ2n) is 5.02. The van der Waals surface area contributed by atoms with Gasteiger partial charge < -0.3 is 20.0 Å². The molecule has 0 aliphatic rings. The van der Waals surface area contributed by atoms with Crippen molar-refractivity contribution in [3.8, 4) is 0 Å². The van der Waals surface area contributed by atoms with Gasteiger partial charge in [-0.2, -0.15) is 0 Å². The summed E-state index contributed by atoms with van der Waals surface area (Å²) < 4.78 is 5.25. The van der Waals surface area contributed by atoms with Crippen LogP contribution in [0.15, 0.2) is 24.3 Å². The first-order chi connectivity index (χ1) is 9.82. The monoisotopic (exact) mass is 293 g/mol. The maximum Gasteiger partial charge on any atom is 0.318 e. The number of hydrogen-bond donors (Lipinski definition) is 2. The molecule has 1 amide bonds. The molecular formula is C15H19NO5. The largest absolute Gasteiger partial charge is 0.480 e. The third kappa shape index (κ3) is 4.13. The number of rotatable bonds is 7. The highest BCUT2D eigenvalue weighted by atomic mass is 16.5. The third-order valence-electron chi connectivity index (χ3n) is 3.07. The van der Waals surface area contributed by atoms with Crippen LogP contribution in [-0.4, -0.2) is 29.9 Å². The molecule has 1 aromatic rings. The molecular weight excluding hydrogens is 274 g/mol. The Labute approximate surface area is 123 Å². The number of amides is 1. The summed E-state index contributed by atoms with van der Waals surface area (Å²) in [4.78, 5) is 33.8. The van der Waals surface area contributed by atoms with Gasteiger partial charge >= 0.3 is 5.97 Å². The van der Waals surface area contributed by atoms with Gasteiger partial charge in [0.25, 0.3) is 0 Å². The highest BCUT2D eigenvalue weighted by Crippen LogP contribution is 2.21. The van der Waals surface area contributed by atoms with E-state index in [-0.39, 0.29) is 0 Å². The molecule has 21 heavy (non-hydrogen) atoms. The van der Waals surface area contributed by atoms with Crippen LogP contribution in [0, 0.1) is 5.41 Å². The normalized spacial score (nSPS) is 12.5. The summed E-state index contributed by atoms with van der Waals surface area (Å²) in [6, 6.07) is 6.50. The van der Waals surface area contributed by atoms with Crippen LogP contribution in [0.2, 0.25) is 0 Å². The van der Waals surface area contributed by atoms with Crippen molar-refractivity contribution < 1.29 is 24.2 Å². The lowest BCUT2D eigenvalue weighted by molar-refractivity contribution is -0.151. The fourth-order valence-electron chi connectivity index (χ4n) is 1.53. The topological polar surface area (TPSA) is 92.7 Å². The highest BCUT2D eigenvalue weighted by Gasteiger charge is 2.35. The van der Waals surface area contributed by atoms with Crippen LogP contribution in [0.4, 0.5) is 5.69 Å². The number of aliphatic carboxylic acids is 1. The number of carboxylic acid groups (broad SMARTS) is 1. The van der Waals surface area contributed by atoms with Crippen molar-refractivity contribution in [2.75, 3.05) is 11.9 Å². The molecule has 0 bridgehead atoms. The minimum Gasteiger partial charge on any atom is -0.480 e. The summed E-state index contributed by atoms with van der Waals surface area (Å²) in [5.41, 5.74) is -0.392. The van der Waals surface area contributed by atoms with Crippen molar-refractivity contribution in [1.29, 1.82) is 0 Å². The molecule has 1 unspecified atom stereocenters. The van der Waals surface area contributed by atoms with E-state index in [9.17, 15) is 14.4 Å². The van der Waals surface area contributed by atoms with Crippen molar-refractivity contribution >= 4 is 23.9 Å². The van der Waals surface area contributed by atoms with Gasteiger partial charge in [-0.15, -0.1) is 0 Å². The van der Waals surface area contributed by atoms with Gasteiger partial charge in [-0.3, -0.25) is 9.59 Å². The van der Waals surface area contributed by atoms with Crippen molar-refractivity contribution in [2.24, 2.45) is 5.41 Å². The molecule has 2 N–H and O–H groups in total. The number of carbonyl (C=O) groups is 3. The smallest absolute Gasteiger partial charge is 0.318 e. The lowest BCUT2D eigenvalue weighted by Crippen LogP contribution is -2.37. The van der Waals surface area contributed by atoms with E-state index in [2.05, 4.69) is 5.32 Å². The number of ether oxygens (including phenoxy) is 1. The molecule has 1 aromatic carbocycles. The van der Waals surface area contributed by atoms with E-state index in [0.29, 0.717) is 24.1 Å². The van der Waals surface area contributed by atoms with Crippen LogP contribution >= 0.6 is 0 Å². The fourth-order valence-corrected chi connectivity index (χ4v) is 1.53. The van der Waals surface area contributed by atoms with Crippen LogP contribution in [0.1, 0.15) is 32.4 Å². The fraction of sp³-hybridized carbons (Fsp3) is 0.400. The molecule has 114 valence electrons. The Morgan fingerprint density at radius 2 is 1.90 bits per heavy atom. The van der Waals surface area contributed by atoms with Crippen LogP contribution in [0.5, 0.6) is 0 Å². The molecule has 6 nitrogen and oxygen atoms in total. The van der Waals surface area contributed by atoms with Gasteiger partial charge in [-0.1, -0.05) is 12.1 Å². The number of hydrogen-bond acceptors (Lipinski definition) is 4. The second-order valence-corrected chi connectivity index (χ2v) is 5.02. The Hall–Kier alpha value is -2.21. The minimum atomic E-state index is -1.52. The molecule has 0 saturated heterocycles. The van der Waals surface area contributed by atoms with E-state index in [4.69, 9.17) is 9.84 Å². The predicted octanol–water partition coefficient (Wildman–Crippen LogP) is 2.01. The summed E-state index contributed by atoms with van der Waals surface area (Å²) >= 11 is 0. The summed E-state index contributed by atoms with van der Waals surface area (Å²) in [6.45, 7) is 4.86. The Morgan fingerprint density at radius 1 is 1.33 bits per heavy atom. The first-order valence-corrected chi connectivity index (χ1v) is 6.54. The van der Waals surface area contributed by atoms with E-state index in [0.717, 1.165) is 0 Å². The molecule has 0 aromatic heterocycles. The molecule has 6 heteroatoms. The first kappa shape index (κ1) is 16.8. The molecule has 1 rings (SSSR count). The zero-order valence-corrected chi connectivity index (χ0v) is 12.3. The number of anilines is 1. The molecule has 0 aliphatic heterocycles. The van der Waals surface area contributed by atoms with E-state index in [1.807, 2.05) is 0 Å². The van der Waals surface area contributed by atoms with Crippen molar-refractivity contribution in [2.45, 2.75) is 26.9 Å². The molecule has 0 radical (unpaired) electrons. The molecule has 0 aliphatic carbocycles. The molecule has 0 spiro atoms. The van der Waals surface area contributed by atoms with Crippen molar-refractivity contribution in [3.63, 3.8) is 0 Å². The van der Waals surface area contributed by atoms with Gasteiger partial charge in [0.2, 0.25) is 5.91 Å². The number of carboxylic acids is 1. The van der Waals surface area contributed by atoms with Gasteiger partial charge in [0.15, 0.2) is 6.29 Å². The SMILES string of the molecule is CCOC(C=O)c1ccc(NC(=O)C(C)(C)C(=O)O)cc1. The van der Waals surface area contributed by atoms with Crippen molar-refractivity contribution in [1.82, 2.24) is 0 Å². The number of carbonyl (C=O) groups excluding carboxylic acids is 2. The number of benzene rings is 1. The second kappa shape index (κ2) is 6.99. The van der Waals surface area contributed by atoms with Gasteiger partial charge in [0, 0.05) is 12.3 Å². The van der Waals surface area contributed by atoms with E-state index in [1.165, 1.54) is 13.8 Å². The zero-order valence-electron chi connectivity index (χ0n) is 12.3. The summed E-state index contributed by atoms with van der Waals surface area (Å²) in [6.07, 6.45) is 0.0557. The Kier molecular flexibility index (Phi) is 5.60. The van der Waals surface area contributed by atoms with E-state index < -0.39 is 23.4 Å². The van der Waals surface area contributed by atoms with Crippen LogP contribution < -0.4 is 5.32 Å². The van der Waals surface area contributed by atoms with E-state index >= 15 is 0 Å². The Balaban J connectivity index is 2.82. The predicted molar refractivity (Wildman–Crippen MR) is 76.9 cm³/mol. The average molecular weight is 293 g/mol. The third-order valence-corrected chi connectivity index (χ3v) is 3.07. The average Bonchev–Trinajstić information content (AvgIpc) is 2.45. The lowest BCUT2D eigenvalue weighted by Gasteiger charge is -2.18. The Morgan fingerprint density at radius 3 is 2.33 bits per heavy atom. The Bertz CT molecular complexity index is 521. The molecule has 0 saturated carbocycles. The highest BCUT2D eigenvalue weighted by molar-refractivity contribution is 6.07. The molecule has 1 atom stereocenters. The zero-order chi connectivity index (χ0) is 16.0. The van der Waals surface area contributed by atoms with Gasteiger partial charge in [0.1, 0.15) is 11.5 Å². The quantitative estimate of drug-likeness (QED) is 0.592. The maximum atomic E-state index is 11.9. The van der Waals surface area contributed by atoms with Crippen LogP contribution in [-0.2, 0) is 19.1 Å². The van der Waals surface area contributed by atoms with E-state index in [1.54, 1.807) is 31.2 Å². The standard InChI is InChI=1S/C15H19NO5/c1-4-21-12(9-17)10-5-7-11(8-6-10)16-13(18)15(2,3)14(19)20/h5-9,12H,4H2,1-3H3,(H,16,18)(H,19,20). The summed E-state index contributed by atoms with van der Waals surface area (Å²) in [5.74, 6) is -1.81. The first-order valence-electron chi connectivity index (χ1n) is 6.54. The van der Waals surface area contributed by atoms with Gasteiger partial charge in [0.05, 0.1) is 0 Å².